The first-order chi connectivity index (χ1) is 11.0. The van der Waals surface area contributed by atoms with Gasteiger partial charge in [0.15, 0.2) is 0 Å². The summed E-state index contributed by atoms with van der Waals surface area (Å²) < 4.78 is 13.7. The lowest BCUT2D eigenvalue weighted by atomic mass is 10.0. The molecule has 2 N–H and O–H groups in total. The molecule has 0 aliphatic heterocycles. The molecule has 1 amide bonds. The zero-order valence-corrected chi connectivity index (χ0v) is 13.5. The summed E-state index contributed by atoms with van der Waals surface area (Å²) in [6.45, 7) is 1.39. The molecule has 0 radical (unpaired) electrons. The molecule has 0 aliphatic carbocycles. The molecule has 1 unspecified atom stereocenters. The van der Waals surface area contributed by atoms with Gasteiger partial charge in [-0.3, -0.25) is 4.79 Å². The van der Waals surface area contributed by atoms with E-state index in [1.807, 2.05) is 6.07 Å². The van der Waals surface area contributed by atoms with Crippen LogP contribution >= 0.6 is 23.2 Å². The van der Waals surface area contributed by atoms with Crippen LogP contribution in [0.5, 0.6) is 0 Å². The summed E-state index contributed by atoms with van der Waals surface area (Å²) >= 11 is 11.7. The second kappa shape index (κ2) is 6.18. The molecule has 0 aliphatic rings. The molecule has 0 saturated heterocycles. The predicted octanol–water partition coefficient (Wildman–Crippen LogP) is 4.23. The van der Waals surface area contributed by atoms with Gasteiger partial charge in [0.1, 0.15) is 0 Å². The van der Waals surface area contributed by atoms with E-state index in [1.165, 1.54) is 13.0 Å². The van der Waals surface area contributed by atoms with Gasteiger partial charge in [0, 0.05) is 34.6 Å². The van der Waals surface area contributed by atoms with Gasteiger partial charge in [0.05, 0.1) is 16.8 Å². The number of H-pyrrole nitrogens is 1. The van der Waals surface area contributed by atoms with Crippen molar-refractivity contribution < 1.29 is 9.18 Å². The van der Waals surface area contributed by atoms with Crippen LogP contribution in [0.1, 0.15) is 24.2 Å². The van der Waals surface area contributed by atoms with Crippen LogP contribution in [0.2, 0.25) is 10.0 Å². The number of aromatic amines is 1. The molecule has 3 rings (SSSR count). The molecule has 118 valence electrons. The molecule has 0 saturated carbocycles. The Balaban J connectivity index is 2.16. The van der Waals surface area contributed by atoms with Gasteiger partial charge in [-0.1, -0.05) is 23.2 Å². The third-order valence-corrected chi connectivity index (χ3v) is 3.97. The molecular formula is C16H12Cl2FN3O. The number of nitrogens with zero attached hydrogens (tertiary/aromatic N) is 1. The molecule has 0 fully saturated rings. The van der Waals surface area contributed by atoms with Gasteiger partial charge < -0.3 is 10.3 Å². The van der Waals surface area contributed by atoms with Crippen molar-refractivity contribution >= 4 is 40.0 Å². The average Bonchev–Trinajstić information content (AvgIpc) is 2.90. The van der Waals surface area contributed by atoms with Crippen molar-refractivity contribution in [2.24, 2.45) is 0 Å². The summed E-state index contributed by atoms with van der Waals surface area (Å²) in [6.07, 6.45) is 1.75. The van der Waals surface area contributed by atoms with Crippen molar-refractivity contribution in [3.63, 3.8) is 0 Å². The monoisotopic (exact) mass is 351 g/mol. The van der Waals surface area contributed by atoms with Crippen molar-refractivity contribution in [2.75, 3.05) is 0 Å². The van der Waals surface area contributed by atoms with Crippen molar-refractivity contribution in [3.05, 3.63) is 63.8 Å². The normalized spacial score (nSPS) is 12.3. The molecule has 7 heteroatoms. The highest BCUT2D eigenvalue weighted by Crippen LogP contribution is 2.30. The maximum atomic E-state index is 13.7. The summed E-state index contributed by atoms with van der Waals surface area (Å²) in [5.74, 6) is -1.04. The summed E-state index contributed by atoms with van der Waals surface area (Å²) in [5.41, 5.74) is 1.95. The highest BCUT2D eigenvalue weighted by Gasteiger charge is 2.21. The Morgan fingerprint density at radius 1 is 1.30 bits per heavy atom. The van der Waals surface area contributed by atoms with Gasteiger partial charge in [-0.2, -0.15) is 4.39 Å². The second-order valence-corrected chi connectivity index (χ2v) is 5.92. The van der Waals surface area contributed by atoms with Gasteiger partial charge in [-0.15, -0.1) is 0 Å². The molecule has 0 spiro atoms. The number of pyridine rings is 1. The number of nitrogens with one attached hydrogen (secondary N) is 2. The lowest BCUT2D eigenvalue weighted by Gasteiger charge is -2.17. The Hall–Kier alpha value is -2.11. The maximum absolute atomic E-state index is 13.7. The third kappa shape index (κ3) is 3.16. The van der Waals surface area contributed by atoms with Gasteiger partial charge in [-0.05, 0) is 30.3 Å². The molecule has 1 atom stereocenters. The topological polar surface area (TPSA) is 57.8 Å². The lowest BCUT2D eigenvalue weighted by Crippen LogP contribution is -2.27. The SMILES string of the molecule is CC(=O)NC(c1ccc(Cl)c(F)n1)c1c[nH]c2ccc(Cl)cc12. The fourth-order valence-corrected chi connectivity index (χ4v) is 2.74. The Bertz CT molecular complexity index is 894. The van der Waals surface area contributed by atoms with Crippen LogP contribution in [0.3, 0.4) is 0 Å². The van der Waals surface area contributed by atoms with E-state index >= 15 is 0 Å². The highest BCUT2D eigenvalue weighted by molar-refractivity contribution is 6.31. The van der Waals surface area contributed by atoms with Crippen LogP contribution < -0.4 is 5.32 Å². The van der Waals surface area contributed by atoms with E-state index in [4.69, 9.17) is 23.2 Å². The largest absolute Gasteiger partial charge is 0.361 e. The van der Waals surface area contributed by atoms with Gasteiger partial charge in [-0.25, -0.2) is 4.98 Å². The van der Waals surface area contributed by atoms with Crippen LogP contribution in [0.15, 0.2) is 36.5 Å². The Kier molecular flexibility index (Phi) is 4.24. The smallest absolute Gasteiger partial charge is 0.231 e. The van der Waals surface area contributed by atoms with Crippen LogP contribution in [0, 0.1) is 5.95 Å². The van der Waals surface area contributed by atoms with Crippen LogP contribution in [0.4, 0.5) is 4.39 Å². The quantitative estimate of drug-likeness (QED) is 0.693. The van der Waals surface area contributed by atoms with E-state index in [9.17, 15) is 9.18 Å². The van der Waals surface area contributed by atoms with Crippen molar-refractivity contribution in [3.8, 4) is 0 Å². The minimum absolute atomic E-state index is 0.0719. The standard InChI is InChI=1S/C16H12Cl2FN3O/c1-8(23)21-15(14-5-3-12(18)16(19)22-14)11-7-20-13-4-2-9(17)6-10(11)13/h2-7,15,20H,1H3,(H,21,23). The number of fused-ring (bicyclic) bond motifs is 1. The molecule has 2 heterocycles. The second-order valence-electron chi connectivity index (χ2n) is 5.08. The highest BCUT2D eigenvalue weighted by atomic mass is 35.5. The Morgan fingerprint density at radius 2 is 2.09 bits per heavy atom. The number of rotatable bonds is 3. The van der Waals surface area contributed by atoms with Crippen molar-refractivity contribution in [2.45, 2.75) is 13.0 Å². The molecule has 3 aromatic rings. The number of hydrogen-bond donors (Lipinski definition) is 2. The van der Waals surface area contributed by atoms with Crippen LogP contribution in [0.25, 0.3) is 10.9 Å². The number of benzene rings is 1. The van der Waals surface area contributed by atoms with Crippen molar-refractivity contribution in [1.82, 2.24) is 15.3 Å². The molecule has 0 bridgehead atoms. The zero-order valence-electron chi connectivity index (χ0n) is 12.0. The summed E-state index contributed by atoms with van der Waals surface area (Å²) in [7, 11) is 0. The summed E-state index contributed by atoms with van der Waals surface area (Å²) in [5, 5.41) is 4.10. The van der Waals surface area contributed by atoms with E-state index in [-0.39, 0.29) is 10.9 Å². The van der Waals surface area contributed by atoms with Gasteiger partial charge in [0.25, 0.3) is 0 Å². The van der Waals surface area contributed by atoms with E-state index in [1.54, 1.807) is 24.4 Å². The number of hydrogen-bond acceptors (Lipinski definition) is 2. The third-order valence-electron chi connectivity index (χ3n) is 3.45. The maximum Gasteiger partial charge on any atom is 0.231 e. The minimum atomic E-state index is -0.780. The number of halogens is 3. The molecule has 23 heavy (non-hydrogen) atoms. The molecule has 1 aromatic carbocycles. The number of aromatic nitrogens is 2. The van der Waals surface area contributed by atoms with Crippen LogP contribution in [-0.4, -0.2) is 15.9 Å². The fraction of sp³-hybridized carbons (Fsp3) is 0.125. The Morgan fingerprint density at radius 3 is 2.78 bits per heavy atom. The minimum Gasteiger partial charge on any atom is -0.361 e. The average molecular weight is 352 g/mol. The first kappa shape index (κ1) is 15.8. The van der Waals surface area contributed by atoms with Crippen LogP contribution in [-0.2, 0) is 4.79 Å². The van der Waals surface area contributed by atoms with Crippen molar-refractivity contribution in [1.29, 1.82) is 0 Å². The van der Waals surface area contributed by atoms with Gasteiger partial charge in [0.2, 0.25) is 11.9 Å². The molecule has 4 nitrogen and oxygen atoms in total. The Labute approximate surface area is 141 Å². The van der Waals surface area contributed by atoms with E-state index in [0.717, 1.165) is 16.5 Å². The number of carbonyl (C=O) groups excluding carboxylic acids is 1. The first-order valence-electron chi connectivity index (χ1n) is 6.81. The van der Waals surface area contributed by atoms with E-state index in [2.05, 4.69) is 15.3 Å². The first-order valence-corrected chi connectivity index (χ1v) is 7.57. The number of amides is 1. The van der Waals surface area contributed by atoms with Gasteiger partial charge >= 0.3 is 0 Å². The zero-order chi connectivity index (χ0) is 16.6. The fourth-order valence-electron chi connectivity index (χ4n) is 2.46. The van der Waals surface area contributed by atoms with E-state index in [0.29, 0.717) is 10.7 Å². The summed E-state index contributed by atoms with van der Waals surface area (Å²) in [6, 6.07) is 7.75. The molecule has 2 aromatic heterocycles. The van der Waals surface area contributed by atoms with E-state index < -0.39 is 12.0 Å². The number of carbonyl (C=O) groups is 1. The predicted molar refractivity (Wildman–Crippen MR) is 88.2 cm³/mol. The lowest BCUT2D eigenvalue weighted by molar-refractivity contribution is -0.119. The molecular weight excluding hydrogens is 340 g/mol. The summed E-state index contributed by atoms with van der Waals surface area (Å²) in [4.78, 5) is 18.5.